The van der Waals surface area contributed by atoms with Gasteiger partial charge in [0.15, 0.2) is 15.6 Å². The molecular formula is C27H29F3N2O4S. The van der Waals surface area contributed by atoms with Crippen molar-refractivity contribution in [2.45, 2.75) is 42.8 Å². The molecule has 1 saturated heterocycles. The van der Waals surface area contributed by atoms with Gasteiger partial charge in [-0.2, -0.15) is 13.2 Å². The van der Waals surface area contributed by atoms with Crippen LogP contribution < -0.4 is 5.32 Å². The highest BCUT2D eigenvalue weighted by molar-refractivity contribution is 7.90. The fourth-order valence-electron chi connectivity index (χ4n) is 4.88. The highest BCUT2D eigenvalue weighted by Crippen LogP contribution is 2.33. The molecule has 1 aliphatic heterocycles. The highest BCUT2D eigenvalue weighted by atomic mass is 32.2. The van der Waals surface area contributed by atoms with Crippen LogP contribution in [0.1, 0.15) is 47.2 Å². The van der Waals surface area contributed by atoms with E-state index in [0.717, 1.165) is 50.0 Å². The summed E-state index contributed by atoms with van der Waals surface area (Å²) in [5.74, 6) is -0.648. The van der Waals surface area contributed by atoms with E-state index in [1.807, 2.05) is 12.1 Å². The minimum Gasteiger partial charge on any atom is -0.345 e. The summed E-state index contributed by atoms with van der Waals surface area (Å²) in [6, 6.07) is 11.5. The van der Waals surface area contributed by atoms with Crippen LogP contribution in [0.3, 0.4) is 0 Å². The van der Waals surface area contributed by atoms with Crippen LogP contribution in [0.5, 0.6) is 0 Å². The maximum absolute atomic E-state index is 12.8. The van der Waals surface area contributed by atoms with Gasteiger partial charge in [-0.1, -0.05) is 24.3 Å². The first-order chi connectivity index (χ1) is 17.4. The van der Waals surface area contributed by atoms with Crippen molar-refractivity contribution in [2.75, 3.05) is 25.9 Å². The molecule has 1 aliphatic carbocycles. The molecule has 1 atom stereocenters. The van der Waals surface area contributed by atoms with E-state index in [9.17, 15) is 31.2 Å². The smallest absolute Gasteiger partial charge is 0.345 e. The number of hydrogen-bond donors (Lipinski definition) is 1. The number of ketones is 1. The molecule has 1 amide bonds. The topological polar surface area (TPSA) is 83.6 Å². The Bertz CT molecular complexity index is 1300. The fourth-order valence-corrected chi connectivity index (χ4v) is 5.51. The van der Waals surface area contributed by atoms with E-state index < -0.39 is 27.5 Å². The number of hydrogen-bond acceptors (Lipinski definition) is 5. The molecule has 37 heavy (non-hydrogen) atoms. The third-order valence-corrected chi connectivity index (χ3v) is 8.08. The van der Waals surface area contributed by atoms with Crippen LogP contribution in [-0.4, -0.2) is 56.9 Å². The third kappa shape index (κ3) is 6.87. The van der Waals surface area contributed by atoms with E-state index in [-0.39, 0.29) is 23.8 Å². The molecule has 10 heteroatoms. The van der Waals surface area contributed by atoms with Gasteiger partial charge in [0, 0.05) is 37.4 Å². The van der Waals surface area contributed by atoms with Crippen LogP contribution in [0.4, 0.5) is 13.2 Å². The second kappa shape index (κ2) is 10.8. The summed E-state index contributed by atoms with van der Waals surface area (Å²) in [7, 11) is -3.22. The standard InChI is InChI=1S/C27H29F3N2O4S/c1-37(35,36)25-11-7-20(8-12-25)19-5-9-23(10-6-19)32-16-18(17-32)13-24(33)15-31-26(34)21-3-2-4-22(14-21)27(28,29)30/h2-5,7-8,11-12,14,18,23H,6,9-10,13,15-17H2,1H3,(H,31,34). The Hall–Kier alpha value is -2.98. The second-order valence-electron chi connectivity index (χ2n) is 9.78. The van der Waals surface area contributed by atoms with Gasteiger partial charge < -0.3 is 5.32 Å². The van der Waals surface area contributed by atoms with Crippen molar-refractivity contribution in [3.63, 3.8) is 0 Å². The Kier molecular flexibility index (Phi) is 7.89. The molecule has 6 nitrogen and oxygen atoms in total. The average Bonchev–Trinajstić information content (AvgIpc) is 2.84. The zero-order chi connectivity index (χ0) is 26.8. The van der Waals surface area contributed by atoms with Gasteiger partial charge in [-0.15, -0.1) is 0 Å². The zero-order valence-electron chi connectivity index (χ0n) is 20.4. The molecule has 1 heterocycles. The lowest BCUT2D eigenvalue weighted by molar-refractivity contribution is -0.137. The van der Waals surface area contributed by atoms with Crippen molar-refractivity contribution in [3.8, 4) is 0 Å². The quantitative estimate of drug-likeness (QED) is 0.544. The van der Waals surface area contributed by atoms with Crippen molar-refractivity contribution in [1.82, 2.24) is 10.2 Å². The van der Waals surface area contributed by atoms with Crippen LogP contribution in [0.2, 0.25) is 0 Å². The van der Waals surface area contributed by atoms with Gasteiger partial charge in [0.25, 0.3) is 5.91 Å². The number of rotatable bonds is 8. The van der Waals surface area contributed by atoms with Crippen molar-refractivity contribution in [1.29, 1.82) is 0 Å². The number of Topliss-reactive ketones (excluding diaryl/α,β-unsaturated/α-hetero) is 1. The summed E-state index contributed by atoms with van der Waals surface area (Å²) < 4.78 is 61.8. The summed E-state index contributed by atoms with van der Waals surface area (Å²) in [6.45, 7) is 1.38. The van der Waals surface area contributed by atoms with Gasteiger partial charge in [-0.25, -0.2) is 8.42 Å². The van der Waals surface area contributed by atoms with Crippen LogP contribution in [0, 0.1) is 5.92 Å². The molecule has 2 aliphatic rings. The molecule has 1 N–H and O–H groups in total. The predicted octanol–water partition coefficient (Wildman–Crippen LogP) is 4.37. The predicted molar refractivity (Wildman–Crippen MR) is 134 cm³/mol. The molecule has 198 valence electrons. The monoisotopic (exact) mass is 534 g/mol. The summed E-state index contributed by atoms with van der Waals surface area (Å²) in [4.78, 5) is 27.1. The number of alkyl halides is 3. The molecular weight excluding hydrogens is 505 g/mol. The van der Waals surface area contributed by atoms with Gasteiger partial charge >= 0.3 is 6.18 Å². The molecule has 0 radical (unpaired) electrons. The molecule has 0 saturated carbocycles. The van der Waals surface area contributed by atoms with E-state index in [1.165, 1.54) is 24.0 Å². The summed E-state index contributed by atoms with van der Waals surface area (Å²) in [5, 5.41) is 2.43. The largest absolute Gasteiger partial charge is 0.416 e. The van der Waals surface area contributed by atoms with Crippen LogP contribution in [0.25, 0.3) is 5.57 Å². The molecule has 0 spiro atoms. The molecule has 0 bridgehead atoms. The van der Waals surface area contributed by atoms with Gasteiger partial charge in [0.1, 0.15) is 0 Å². The number of allylic oxidation sites excluding steroid dienone is 1. The van der Waals surface area contributed by atoms with E-state index in [2.05, 4.69) is 16.3 Å². The lowest BCUT2D eigenvalue weighted by Gasteiger charge is -2.45. The van der Waals surface area contributed by atoms with E-state index in [0.29, 0.717) is 17.4 Å². The minimum atomic E-state index is -4.54. The number of amides is 1. The SMILES string of the molecule is CS(=O)(=O)c1ccc(C2=CCC(N3CC(CC(=O)CNC(=O)c4cccc(C(F)(F)F)c4)C3)CC2)cc1. The maximum Gasteiger partial charge on any atom is 0.416 e. The van der Waals surface area contributed by atoms with Gasteiger partial charge in [0.05, 0.1) is 17.0 Å². The Morgan fingerprint density at radius 1 is 1.08 bits per heavy atom. The molecule has 1 fully saturated rings. The number of carbonyl (C=O) groups is 2. The van der Waals surface area contributed by atoms with E-state index in [4.69, 9.17) is 0 Å². The summed E-state index contributed by atoms with van der Waals surface area (Å²) in [5.41, 5.74) is 1.20. The number of benzene rings is 2. The van der Waals surface area contributed by atoms with E-state index in [1.54, 1.807) is 12.1 Å². The molecule has 0 aromatic heterocycles. The third-order valence-electron chi connectivity index (χ3n) is 6.95. The van der Waals surface area contributed by atoms with Gasteiger partial charge in [0.2, 0.25) is 0 Å². The number of carbonyl (C=O) groups excluding carboxylic acids is 2. The molecule has 2 aromatic rings. The zero-order valence-corrected chi connectivity index (χ0v) is 21.2. The van der Waals surface area contributed by atoms with Crippen molar-refractivity contribution >= 4 is 27.1 Å². The first-order valence-corrected chi connectivity index (χ1v) is 14.0. The summed E-state index contributed by atoms with van der Waals surface area (Å²) in [6.07, 6.45) is 1.93. The van der Waals surface area contributed by atoms with Crippen LogP contribution in [-0.2, 0) is 20.8 Å². The second-order valence-corrected chi connectivity index (χ2v) is 11.8. The van der Waals surface area contributed by atoms with Crippen LogP contribution in [0.15, 0.2) is 59.5 Å². The lowest BCUT2D eigenvalue weighted by Crippen LogP contribution is -2.53. The lowest BCUT2D eigenvalue weighted by atomic mass is 9.85. The number of halogens is 3. The Morgan fingerprint density at radius 2 is 1.78 bits per heavy atom. The Morgan fingerprint density at radius 3 is 2.38 bits per heavy atom. The summed E-state index contributed by atoms with van der Waals surface area (Å²) >= 11 is 0. The average molecular weight is 535 g/mol. The van der Waals surface area contributed by atoms with Gasteiger partial charge in [-0.3, -0.25) is 14.5 Å². The molecule has 4 rings (SSSR count). The minimum absolute atomic E-state index is 0.131. The first-order valence-electron chi connectivity index (χ1n) is 12.1. The van der Waals surface area contributed by atoms with Crippen molar-refractivity contribution < 1.29 is 31.2 Å². The Labute approximate surface area is 214 Å². The van der Waals surface area contributed by atoms with Gasteiger partial charge in [-0.05, 0) is 66.6 Å². The molecule has 1 unspecified atom stereocenters. The number of sulfone groups is 1. The number of nitrogens with zero attached hydrogens (tertiary/aromatic N) is 1. The number of likely N-dealkylation sites (tertiary alicyclic amines) is 1. The normalized spacial score (nSPS) is 19.1. The molecule has 2 aromatic carbocycles. The van der Waals surface area contributed by atoms with E-state index >= 15 is 0 Å². The Balaban J connectivity index is 1.19. The highest BCUT2D eigenvalue weighted by Gasteiger charge is 2.34. The maximum atomic E-state index is 12.8. The first kappa shape index (κ1) is 27.1. The number of nitrogens with one attached hydrogen (secondary N) is 1. The van der Waals surface area contributed by atoms with Crippen molar-refractivity contribution in [3.05, 3.63) is 71.3 Å². The fraction of sp³-hybridized carbons (Fsp3) is 0.407. The van der Waals surface area contributed by atoms with Crippen molar-refractivity contribution in [2.24, 2.45) is 5.92 Å². The van der Waals surface area contributed by atoms with Crippen LogP contribution >= 0.6 is 0 Å².